The SMILES string of the molecule is Cc1nc2cc(N[C@@H](C)C(=O)NC(N)=O)ccc2o1. The van der Waals surface area contributed by atoms with E-state index in [9.17, 15) is 9.59 Å². The maximum Gasteiger partial charge on any atom is 0.318 e. The van der Waals surface area contributed by atoms with Crippen LogP contribution < -0.4 is 16.4 Å². The summed E-state index contributed by atoms with van der Waals surface area (Å²) in [5, 5.41) is 4.95. The Bertz CT molecular complexity index is 635. The van der Waals surface area contributed by atoms with Crippen molar-refractivity contribution in [2.45, 2.75) is 19.9 Å². The maximum absolute atomic E-state index is 11.5. The van der Waals surface area contributed by atoms with Crippen LogP contribution in [-0.4, -0.2) is 23.0 Å². The fourth-order valence-electron chi connectivity index (χ4n) is 1.68. The molecular weight excluding hydrogens is 248 g/mol. The van der Waals surface area contributed by atoms with Gasteiger partial charge in [-0.3, -0.25) is 10.1 Å². The Morgan fingerprint density at radius 1 is 1.42 bits per heavy atom. The molecule has 0 fully saturated rings. The Labute approximate surface area is 109 Å². The molecule has 1 atom stereocenters. The molecule has 2 rings (SSSR count). The molecule has 0 aliphatic heterocycles. The Balaban J connectivity index is 2.12. The first-order chi connectivity index (χ1) is 8.95. The van der Waals surface area contributed by atoms with Crippen LogP contribution in [0.4, 0.5) is 10.5 Å². The summed E-state index contributed by atoms with van der Waals surface area (Å²) in [5.41, 5.74) is 6.96. The third-order valence-electron chi connectivity index (χ3n) is 2.52. The molecule has 1 heterocycles. The third kappa shape index (κ3) is 3.01. The van der Waals surface area contributed by atoms with Crippen LogP contribution in [0.2, 0.25) is 0 Å². The number of hydrogen-bond acceptors (Lipinski definition) is 5. The van der Waals surface area contributed by atoms with Crippen molar-refractivity contribution in [2.75, 3.05) is 5.32 Å². The highest BCUT2D eigenvalue weighted by Crippen LogP contribution is 2.20. The van der Waals surface area contributed by atoms with Crippen LogP contribution >= 0.6 is 0 Å². The third-order valence-corrected chi connectivity index (χ3v) is 2.52. The maximum atomic E-state index is 11.5. The smallest absolute Gasteiger partial charge is 0.318 e. The zero-order valence-electron chi connectivity index (χ0n) is 10.6. The number of aryl methyl sites for hydroxylation is 1. The topological polar surface area (TPSA) is 110 Å². The minimum Gasteiger partial charge on any atom is -0.441 e. The van der Waals surface area contributed by atoms with Crippen LogP contribution in [0.1, 0.15) is 12.8 Å². The van der Waals surface area contributed by atoms with Crippen molar-refractivity contribution in [3.05, 3.63) is 24.1 Å². The lowest BCUT2D eigenvalue weighted by Gasteiger charge is -2.13. The number of benzene rings is 1. The van der Waals surface area contributed by atoms with E-state index < -0.39 is 18.0 Å². The molecule has 1 aromatic carbocycles. The molecule has 0 radical (unpaired) electrons. The number of urea groups is 1. The van der Waals surface area contributed by atoms with Crippen molar-refractivity contribution in [3.8, 4) is 0 Å². The number of carbonyl (C=O) groups is 2. The summed E-state index contributed by atoms with van der Waals surface area (Å²) < 4.78 is 5.35. The Morgan fingerprint density at radius 2 is 2.16 bits per heavy atom. The highest BCUT2D eigenvalue weighted by Gasteiger charge is 2.14. The molecule has 0 aliphatic rings. The van der Waals surface area contributed by atoms with Gasteiger partial charge in [-0.1, -0.05) is 0 Å². The first-order valence-electron chi connectivity index (χ1n) is 5.70. The van der Waals surface area contributed by atoms with Crippen LogP contribution in [-0.2, 0) is 4.79 Å². The molecule has 0 aliphatic carbocycles. The van der Waals surface area contributed by atoms with Gasteiger partial charge in [0.15, 0.2) is 11.5 Å². The van der Waals surface area contributed by atoms with Gasteiger partial charge in [0.25, 0.3) is 0 Å². The van der Waals surface area contributed by atoms with E-state index in [2.05, 4.69) is 10.3 Å². The summed E-state index contributed by atoms with van der Waals surface area (Å²) >= 11 is 0. The lowest BCUT2D eigenvalue weighted by Crippen LogP contribution is -2.43. The van der Waals surface area contributed by atoms with E-state index in [-0.39, 0.29) is 0 Å². The molecule has 3 amide bonds. The number of imide groups is 1. The van der Waals surface area contributed by atoms with Gasteiger partial charge >= 0.3 is 6.03 Å². The zero-order chi connectivity index (χ0) is 14.0. The normalized spacial score (nSPS) is 12.1. The number of hydrogen-bond donors (Lipinski definition) is 3. The van der Waals surface area contributed by atoms with Gasteiger partial charge in [-0.25, -0.2) is 9.78 Å². The van der Waals surface area contributed by atoms with E-state index in [1.165, 1.54) is 0 Å². The van der Waals surface area contributed by atoms with E-state index in [4.69, 9.17) is 10.2 Å². The lowest BCUT2D eigenvalue weighted by atomic mass is 10.2. The van der Waals surface area contributed by atoms with Gasteiger partial charge in [0, 0.05) is 12.6 Å². The number of carbonyl (C=O) groups excluding carboxylic acids is 2. The van der Waals surface area contributed by atoms with Crippen LogP contribution in [0.5, 0.6) is 0 Å². The lowest BCUT2D eigenvalue weighted by molar-refractivity contribution is -0.120. The number of anilines is 1. The number of primary amides is 1. The minimum absolute atomic E-state index is 0.496. The van der Waals surface area contributed by atoms with E-state index >= 15 is 0 Å². The van der Waals surface area contributed by atoms with Crippen molar-refractivity contribution in [1.29, 1.82) is 0 Å². The van der Waals surface area contributed by atoms with Crippen LogP contribution in [0, 0.1) is 6.92 Å². The van der Waals surface area contributed by atoms with Crippen molar-refractivity contribution >= 4 is 28.7 Å². The molecule has 100 valence electrons. The number of amides is 3. The van der Waals surface area contributed by atoms with Crippen molar-refractivity contribution in [1.82, 2.24) is 10.3 Å². The van der Waals surface area contributed by atoms with Crippen LogP contribution in [0.15, 0.2) is 22.6 Å². The number of aromatic nitrogens is 1. The second-order valence-electron chi connectivity index (χ2n) is 4.13. The van der Waals surface area contributed by atoms with Gasteiger partial charge in [0.05, 0.1) is 0 Å². The van der Waals surface area contributed by atoms with Gasteiger partial charge in [0.1, 0.15) is 11.6 Å². The molecule has 7 heteroatoms. The van der Waals surface area contributed by atoms with Gasteiger partial charge in [0.2, 0.25) is 5.91 Å². The number of nitrogens with two attached hydrogens (primary N) is 1. The monoisotopic (exact) mass is 262 g/mol. The summed E-state index contributed by atoms with van der Waals surface area (Å²) in [7, 11) is 0. The van der Waals surface area contributed by atoms with E-state index in [1.54, 1.807) is 32.0 Å². The van der Waals surface area contributed by atoms with Gasteiger partial charge in [-0.2, -0.15) is 0 Å². The average Bonchev–Trinajstić information content (AvgIpc) is 2.67. The Kier molecular flexibility index (Phi) is 3.37. The largest absolute Gasteiger partial charge is 0.441 e. The standard InChI is InChI=1S/C12H14N4O3/c1-6(11(17)16-12(13)18)14-8-3-4-10-9(5-8)15-7(2)19-10/h3-6,14H,1-2H3,(H3,13,16,17,18)/t6-/m0/s1. The molecule has 0 unspecified atom stereocenters. The minimum atomic E-state index is -0.874. The first kappa shape index (κ1) is 12.9. The number of fused-ring (bicyclic) bond motifs is 1. The van der Waals surface area contributed by atoms with Crippen LogP contribution in [0.3, 0.4) is 0 Å². The summed E-state index contributed by atoms with van der Waals surface area (Å²) in [6, 6.07) is 3.82. The molecule has 0 bridgehead atoms. The molecule has 7 nitrogen and oxygen atoms in total. The van der Waals surface area contributed by atoms with Gasteiger partial charge in [-0.15, -0.1) is 0 Å². The number of nitrogens with zero attached hydrogens (tertiary/aromatic N) is 1. The predicted octanol–water partition coefficient (Wildman–Crippen LogP) is 1.13. The molecule has 19 heavy (non-hydrogen) atoms. The summed E-state index contributed by atoms with van der Waals surface area (Å²) in [6.07, 6.45) is 0. The van der Waals surface area contributed by atoms with Crippen molar-refractivity contribution < 1.29 is 14.0 Å². The molecule has 2 aromatic rings. The van der Waals surface area contributed by atoms with Gasteiger partial charge < -0.3 is 15.5 Å². The number of rotatable bonds is 3. The van der Waals surface area contributed by atoms with E-state index in [1.807, 2.05) is 5.32 Å². The summed E-state index contributed by atoms with van der Waals surface area (Å²) in [4.78, 5) is 26.3. The first-order valence-corrected chi connectivity index (χ1v) is 5.70. The highest BCUT2D eigenvalue weighted by atomic mass is 16.3. The predicted molar refractivity (Wildman–Crippen MR) is 69.6 cm³/mol. The summed E-state index contributed by atoms with van der Waals surface area (Å²) in [5.74, 6) is 0.0793. The van der Waals surface area contributed by atoms with E-state index in [0.29, 0.717) is 22.7 Å². The number of nitrogens with one attached hydrogen (secondary N) is 2. The van der Waals surface area contributed by atoms with Gasteiger partial charge in [-0.05, 0) is 25.1 Å². The summed E-state index contributed by atoms with van der Waals surface area (Å²) in [6.45, 7) is 3.38. The quantitative estimate of drug-likeness (QED) is 0.768. The van der Waals surface area contributed by atoms with Crippen LogP contribution in [0.25, 0.3) is 11.1 Å². The fraction of sp³-hybridized carbons (Fsp3) is 0.250. The molecular formula is C12H14N4O3. The molecule has 0 saturated carbocycles. The molecule has 1 aromatic heterocycles. The van der Waals surface area contributed by atoms with Crippen molar-refractivity contribution in [2.24, 2.45) is 5.73 Å². The Morgan fingerprint density at radius 3 is 2.84 bits per heavy atom. The highest BCUT2D eigenvalue weighted by molar-refractivity contribution is 5.97. The molecule has 0 spiro atoms. The average molecular weight is 262 g/mol. The fourth-order valence-corrected chi connectivity index (χ4v) is 1.68. The van der Waals surface area contributed by atoms with Crippen molar-refractivity contribution in [3.63, 3.8) is 0 Å². The second-order valence-corrected chi connectivity index (χ2v) is 4.13. The molecule has 0 saturated heterocycles. The zero-order valence-corrected chi connectivity index (χ0v) is 10.6. The molecule has 4 N–H and O–H groups in total. The second kappa shape index (κ2) is 4.97. The van der Waals surface area contributed by atoms with E-state index in [0.717, 1.165) is 0 Å². The number of oxazole rings is 1. The Hall–Kier alpha value is -2.57.